The van der Waals surface area contributed by atoms with Gasteiger partial charge in [0, 0.05) is 17.4 Å². The van der Waals surface area contributed by atoms with E-state index in [1.165, 1.54) is 62.8 Å². The first-order valence-electron chi connectivity index (χ1n) is 11.5. The standard InChI is InChI=1S/C25H26F3NO5S/c1-2-3-4-5-6-7-8-9-10-11-13-18-16-17-21-22-19(18)14-12-15-20(22)23(30)29(24(21)31)34-35(32,33)25(26,27)28/h12,14-17H,2-10H2,1H3. The third-order valence-electron chi connectivity index (χ3n) is 5.70. The molecule has 6 nitrogen and oxygen atoms in total. The molecule has 1 aliphatic rings. The van der Waals surface area contributed by atoms with Crippen molar-refractivity contribution in [2.45, 2.75) is 70.2 Å². The van der Waals surface area contributed by atoms with E-state index in [1.807, 2.05) is 0 Å². The number of halogens is 3. The van der Waals surface area contributed by atoms with Crippen molar-refractivity contribution < 1.29 is 35.5 Å². The number of hydrogen-bond acceptors (Lipinski definition) is 5. The molecule has 35 heavy (non-hydrogen) atoms. The fourth-order valence-corrected chi connectivity index (χ4v) is 4.31. The van der Waals surface area contributed by atoms with Crippen molar-refractivity contribution in [3.05, 3.63) is 47.0 Å². The molecule has 188 valence electrons. The molecule has 2 amide bonds. The molecule has 0 unspecified atom stereocenters. The zero-order valence-electron chi connectivity index (χ0n) is 19.3. The van der Waals surface area contributed by atoms with E-state index in [0.29, 0.717) is 17.4 Å². The summed E-state index contributed by atoms with van der Waals surface area (Å²) in [4.78, 5) is 25.4. The van der Waals surface area contributed by atoms with Crippen LogP contribution in [0.25, 0.3) is 10.8 Å². The normalized spacial score (nSPS) is 13.8. The highest BCUT2D eigenvalue weighted by molar-refractivity contribution is 7.87. The molecule has 0 N–H and O–H groups in total. The van der Waals surface area contributed by atoms with Gasteiger partial charge in [-0.2, -0.15) is 21.6 Å². The lowest BCUT2D eigenvalue weighted by Gasteiger charge is -2.25. The van der Waals surface area contributed by atoms with Crippen LogP contribution in [0.15, 0.2) is 30.3 Å². The first kappa shape index (κ1) is 26.7. The van der Waals surface area contributed by atoms with Crippen molar-refractivity contribution in [1.82, 2.24) is 5.06 Å². The Kier molecular flexibility index (Phi) is 8.56. The lowest BCUT2D eigenvalue weighted by atomic mass is 9.92. The van der Waals surface area contributed by atoms with Crippen LogP contribution < -0.4 is 0 Å². The summed E-state index contributed by atoms with van der Waals surface area (Å²) in [6, 6.07) is 7.24. The van der Waals surface area contributed by atoms with Gasteiger partial charge in [0.15, 0.2) is 0 Å². The van der Waals surface area contributed by atoms with Crippen LogP contribution in [0.5, 0.6) is 0 Å². The van der Waals surface area contributed by atoms with E-state index in [9.17, 15) is 31.2 Å². The average Bonchev–Trinajstić information content (AvgIpc) is 2.81. The Morgan fingerprint density at radius 2 is 1.49 bits per heavy atom. The number of rotatable bonds is 10. The highest BCUT2D eigenvalue weighted by atomic mass is 32.2. The van der Waals surface area contributed by atoms with Gasteiger partial charge in [0.1, 0.15) is 0 Å². The van der Waals surface area contributed by atoms with E-state index in [-0.39, 0.29) is 21.6 Å². The Morgan fingerprint density at radius 3 is 2.11 bits per heavy atom. The number of benzene rings is 2. The van der Waals surface area contributed by atoms with Gasteiger partial charge in [-0.15, -0.1) is 9.35 Å². The second-order valence-electron chi connectivity index (χ2n) is 8.29. The molecule has 0 aliphatic carbocycles. The molecule has 0 saturated carbocycles. The maximum Gasteiger partial charge on any atom is 0.525 e. The Hall–Kier alpha value is -2.90. The van der Waals surface area contributed by atoms with Crippen LogP contribution in [-0.4, -0.2) is 30.8 Å². The number of hydrogen-bond donors (Lipinski definition) is 0. The summed E-state index contributed by atoms with van der Waals surface area (Å²) in [7, 11) is -6.21. The van der Waals surface area contributed by atoms with E-state index in [0.717, 1.165) is 12.8 Å². The van der Waals surface area contributed by atoms with Crippen LogP contribution in [0.2, 0.25) is 0 Å². The minimum atomic E-state index is -6.21. The summed E-state index contributed by atoms with van der Waals surface area (Å²) in [5.41, 5.74) is -5.54. The van der Waals surface area contributed by atoms with Crippen LogP contribution in [0.3, 0.4) is 0 Å². The zero-order valence-corrected chi connectivity index (χ0v) is 20.1. The minimum absolute atomic E-state index is 0.152. The predicted octanol–water partition coefficient (Wildman–Crippen LogP) is 6.10. The Balaban J connectivity index is 1.75. The topological polar surface area (TPSA) is 80.8 Å². The van der Waals surface area contributed by atoms with E-state index < -0.39 is 27.4 Å². The fraction of sp³-hybridized carbons (Fsp3) is 0.440. The summed E-state index contributed by atoms with van der Waals surface area (Å²) in [5.74, 6) is 3.54. The Bertz CT molecular complexity index is 1250. The molecule has 0 spiro atoms. The quantitative estimate of drug-likeness (QED) is 0.167. The largest absolute Gasteiger partial charge is 0.525 e. The predicted molar refractivity (Wildman–Crippen MR) is 125 cm³/mol. The molecule has 0 radical (unpaired) electrons. The van der Waals surface area contributed by atoms with Crippen LogP contribution in [-0.2, 0) is 14.4 Å². The molecule has 0 bridgehead atoms. The van der Waals surface area contributed by atoms with Gasteiger partial charge in [-0.25, -0.2) is 0 Å². The smallest absolute Gasteiger partial charge is 0.266 e. The second kappa shape index (κ2) is 11.2. The van der Waals surface area contributed by atoms with E-state index in [2.05, 4.69) is 23.0 Å². The number of imide groups is 1. The van der Waals surface area contributed by atoms with Crippen LogP contribution in [0.1, 0.15) is 91.0 Å². The van der Waals surface area contributed by atoms with Crippen molar-refractivity contribution in [1.29, 1.82) is 0 Å². The van der Waals surface area contributed by atoms with Gasteiger partial charge in [0.2, 0.25) is 0 Å². The number of carbonyl (C=O) groups is 2. The molecule has 0 atom stereocenters. The first-order chi connectivity index (χ1) is 16.6. The summed E-state index contributed by atoms with van der Waals surface area (Å²) in [6.07, 6.45) is 10.1. The second-order valence-corrected chi connectivity index (χ2v) is 9.81. The van der Waals surface area contributed by atoms with Crippen molar-refractivity contribution in [3.8, 4) is 11.8 Å². The molecule has 2 aromatic rings. The van der Waals surface area contributed by atoms with E-state index in [1.54, 1.807) is 6.07 Å². The van der Waals surface area contributed by atoms with Gasteiger partial charge in [-0.05, 0) is 30.0 Å². The number of amides is 2. The SMILES string of the molecule is CCCCCCCCCCC#Cc1ccc2c3c(cccc13)C(=O)N(OS(=O)(=O)C(F)(F)F)C2=O. The number of carbonyl (C=O) groups excluding carboxylic acids is 2. The number of unbranched alkanes of at least 4 members (excludes halogenated alkanes) is 8. The molecule has 3 rings (SSSR count). The van der Waals surface area contributed by atoms with Crippen molar-refractivity contribution in [2.75, 3.05) is 0 Å². The lowest BCUT2D eigenvalue weighted by Crippen LogP contribution is -2.44. The molecule has 0 fully saturated rings. The highest BCUT2D eigenvalue weighted by Crippen LogP contribution is 2.34. The number of nitrogens with zero attached hydrogens (tertiary/aromatic N) is 1. The zero-order chi connectivity index (χ0) is 25.6. The summed E-state index contributed by atoms with van der Waals surface area (Å²) >= 11 is 0. The van der Waals surface area contributed by atoms with Gasteiger partial charge < -0.3 is 0 Å². The maximum atomic E-state index is 12.7. The van der Waals surface area contributed by atoms with Crippen LogP contribution in [0.4, 0.5) is 13.2 Å². The minimum Gasteiger partial charge on any atom is -0.266 e. The lowest BCUT2D eigenvalue weighted by molar-refractivity contribution is -0.0761. The summed E-state index contributed by atoms with van der Waals surface area (Å²) in [6.45, 7) is 2.19. The molecule has 0 saturated heterocycles. The molecular formula is C25H26F3NO5S. The maximum absolute atomic E-state index is 12.7. The Labute approximate surface area is 202 Å². The molecule has 1 aliphatic heterocycles. The van der Waals surface area contributed by atoms with Gasteiger partial charge in [-0.1, -0.05) is 75.8 Å². The van der Waals surface area contributed by atoms with Gasteiger partial charge in [0.25, 0.3) is 11.8 Å². The number of hydroxylamine groups is 2. The van der Waals surface area contributed by atoms with Gasteiger partial charge in [0.05, 0.1) is 11.1 Å². The molecule has 10 heteroatoms. The van der Waals surface area contributed by atoms with E-state index >= 15 is 0 Å². The van der Waals surface area contributed by atoms with Crippen LogP contribution in [0, 0.1) is 11.8 Å². The van der Waals surface area contributed by atoms with Crippen molar-refractivity contribution in [3.63, 3.8) is 0 Å². The van der Waals surface area contributed by atoms with Crippen molar-refractivity contribution >= 4 is 32.7 Å². The monoisotopic (exact) mass is 509 g/mol. The summed E-state index contributed by atoms with van der Waals surface area (Å²) in [5, 5.41) is 0.308. The van der Waals surface area contributed by atoms with Gasteiger partial charge >= 0.3 is 15.6 Å². The highest BCUT2D eigenvalue weighted by Gasteiger charge is 2.51. The number of alkyl halides is 3. The molecule has 1 heterocycles. The third-order valence-corrected chi connectivity index (χ3v) is 6.62. The van der Waals surface area contributed by atoms with Crippen molar-refractivity contribution in [2.24, 2.45) is 0 Å². The van der Waals surface area contributed by atoms with Gasteiger partial charge in [-0.3, -0.25) is 9.59 Å². The average molecular weight is 510 g/mol. The van der Waals surface area contributed by atoms with E-state index in [4.69, 9.17) is 0 Å². The third kappa shape index (κ3) is 6.03. The first-order valence-corrected chi connectivity index (χ1v) is 12.9. The molecule has 2 aromatic carbocycles. The summed E-state index contributed by atoms with van der Waals surface area (Å²) < 4.78 is 64.8. The van der Waals surface area contributed by atoms with Crippen LogP contribution >= 0.6 is 0 Å². The fourth-order valence-electron chi connectivity index (χ4n) is 3.90. The molecular weight excluding hydrogens is 483 g/mol. The molecule has 0 aromatic heterocycles. The Morgan fingerprint density at radius 1 is 0.886 bits per heavy atom.